The molecule has 1 unspecified atom stereocenters. The van der Waals surface area contributed by atoms with Gasteiger partial charge in [-0.05, 0) is 86.2 Å². The summed E-state index contributed by atoms with van der Waals surface area (Å²) in [5.74, 6) is 1.14. The molecular weight excluding hydrogens is 509 g/mol. The predicted octanol–water partition coefficient (Wildman–Crippen LogP) is 6.37. The van der Waals surface area contributed by atoms with E-state index in [9.17, 15) is 18.0 Å². The second-order valence-electron chi connectivity index (χ2n) is 9.66. The Morgan fingerprint density at radius 1 is 1.10 bits per heavy atom. The highest BCUT2D eigenvalue weighted by molar-refractivity contribution is 5.93. The van der Waals surface area contributed by atoms with E-state index in [1.807, 2.05) is 38.1 Å². The van der Waals surface area contributed by atoms with Crippen molar-refractivity contribution in [1.82, 2.24) is 10.1 Å². The Labute approximate surface area is 223 Å². The molecule has 202 valence electrons. The number of nitrogens with two attached hydrogens (primary N) is 1. The minimum absolute atomic E-state index is 0.0659. The molecule has 3 N–H and O–H groups in total. The second-order valence-corrected chi connectivity index (χ2v) is 9.66. The average molecular weight is 537 g/mol. The normalized spacial score (nSPS) is 15.1. The predicted molar refractivity (Wildman–Crippen MR) is 139 cm³/mol. The number of halogens is 3. The molecule has 2 heterocycles. The summed E-state index contributed by atoms with van der Waals surface area (Å²) in [6.45, 7) is 3.61. The zero-order valence-corrected chi connectivity index (χ0v) is 21.4. The van der Waals surface area contributed by atoms with Gasteiger partial charge < -0.3 is 20.3 Å². The molecular formula is C29H27F3N4O3. The van der Waals surface area contributed by atoms with Crippen molar-refractivity contribution >= 4 is 11.6 Å². The number of aromatic nitrogens is 2. The number of nitrogens with one attached hydrogen (secondary N) is 1. The number of carbonyl (C=O) groups excluding carboxylic acids is 1. The number of rotatable bonds is 6. The van der Waals surface area contributed by atoms with Crippen LogP contribution in [-0.2, 0) is 30.4 Å². The summed E-state index contributed by atoms with van der Waals surface area (Å²) in [6, 6.07) is 12.7. The third-order valence-electron chi connectivity index (χ3n) is 6.86. The number of anilines is 1. The largest absolute Gasteiger partial charge is 0.457 e. The van der Waals surface area contributed by atoms with Crippen LogP contribution in [-0.4, -0.2) is 16.0 Å². The molecule has 0 fully saturated rings. The third kappa shape index (κ3) is 5.80. The topological polar surface area (TPSA) is 103 Å². The molecule has 0 saturated heterocycles. The number of ether oxygens (including phenoxy) is 1. The maximum Gasteiger partial charge on any atom is 0.416 e. The summed E-state index contributed by atoms with van der Waals surface area (Å²) < 4.78 is 51.2. The van der Waals surface area contributed by atoms with Gasteiger partial charge in [0.25, 0.3) is 0 Å². The molecule has 1 amide bonds. The molecule has 1 aliphatic carbocycles. The van der Waals surface area contributed by atoms with Crippen molar-refractivity contribution in [1.29, 1.82) is 0 Å². The molecule has 2 aromatic heterocycles. The number of benzene rings is 2. The summed E-state index contributed by atoms with van der Waals surface area (Å²) in [4.78, 5) is 17.5. The summed E-state index contributed by atoms with van der Waals surface area (Å²) in [7, 11) is 0. The summed E-state index contributed by atoms with van der Waals surface area (Å²) in [6.07, 6.45) is -1.17. The van der Waals surface area contributed by atoms with Crippen LogP contribution in [0.1, 0.15) is 40.1 Å². The Morgan fingerprint density at radius 2 is 1.90 bits per heavy atom. The molecule has 0 saturated carbocycles. The van der Waals surface area contributed by atoms with E-state index in [0.717, 1.165) is 34.5 Å². The fourth-order valence-corrected chi connectivity index (χ4v) is 4.91. The first kappa shape index (κ1) is 26.4. The summed E-state index contributed by atoms with van der Waals surface area (Å²) >= 11 is 0. The van der Waals surface area contributed by atoms with Gasteiger partial charge in [0.1, 0.15) is 17.3 Å². The van der Waals surface area contributed by atoms with Crippen molar-refractivity contribution < 1.29 is 27.2 Å². The quantitative estimate of drug-likeness (QED) is 0.297. The van der Waals surface area contributed by atoms with Crippen molar-refractivity contribution in [3.05, 3.63) is 88.4 Å². The van der Waals surface area contributed by atoms with E-state index in [4.69, 9.17) is 15.0 Å². The molecule has 0 spiro atoms. The first-order valence-electron chi connectivity index (χ1n) is 12.5. The lowest BCUT2D eigenvalue weighted by molar-refractivity contribution is -0.137. The van der Waals surface area contributed by atoms with Crippen LogP contribution in [0.5, 0.6) is 11.5 Å². The Bertz CT molecular complexity index is 1510. The van der Waals surface area contributed by atoms with Crippen LogP contribution >= 0.6 is 0 Å². The number of pyridine rings is 1. The van der Waals surface area contributed by atoms with Crippen molar-refractivity contribution in [2.24, 2.45) is 11.7 Å². The van der Waals surface area contributed by atoms with E-state index >= 15 is 0 Å². The van der Waals surface area contributed by atoms with Gasteiger partial charge in [-0.25, -0.2) is 0 Å². The van der Waals surface area contributed by atoms with Crippen LogP contribution in [0.2, 0.25) is 0 Å². The molecule has 5 rings (SSSR count). The van der Waals surface area contributed by atoms with Gasteiger partial charge in [0.05, 0.1) is 22.5 Å². The van der Waals surface area contributed by atoms with E-state index in [1.54, 1.807) is 12.3 Å². The minimum atomic E-state index is -4.53. The molecule has 0 radical (unpaired) electrons. The van der Waals surface area contributed by atoms with E-state index in [0.29, 0.717) is 47.8 Å². The van der Waals surface area contributed by atoms with E-state index in [2.05, 4.69) is 15.5 Å². The Balaban J connectivity index is 1.31. The van der Waals surface area contributed by atoms with E-state index < -0.39 is 17.7 Å². The van der Waals surface area contributed by atoms with Crippen molar-refractivity contribution in [3.8, 4) is 22.8 Å². The number of nitrogens with zero attached hydrogens (tertiary/aromatic N) is 2. The second kappa shape index (κ2) is 10.5. The lowest BCUT2D eigenvalue weighted by Gasteiger charge is -2.25. The fraction of sp³-hybridized carbons (Fsp3) is 0.276. The monoisotopic (exact) mass is 536 g/mol. The van der Waals surface area contributed by atoms with Gasteiger partial charge in [-0.3, -0.25) is 9.78 Å². The van der Waals surface area contributed by atoms with Crippen LogP contribution in [0.25, 0.3) is 11.3 Å². The van der Waals surface area contributed by atoms with Crippen LogP contribution in [0.4, 0.5) is 18.9 Å². The number of hydrogen-bond acceptors (Lipinski definition) is 6. The van der Waals surface area contributed by atoms with Gasteiger partial charge >= 0.3 is 6.18 Å². The van der Waals surface area contributed by atoms with Crippen molar-refractivity contribution in [3.63, 3.8) is 0 Å². The van der Waals surface area contributed by atoms with Crippen LogP contribution in [0.3, 0.4) is 0 Å². The standard InChI is InChI=1S/C29H27F3N4O3/c1-16-27(17(2)39-36-16)26-14-25(7-8-34-26)38-24-6-5-19-3-4-20(11-21(19)12-24)28(37)35-23-10-18(15-33)9-22(13-23)29(30,31)32/h5-10,12-14,20H,3-4,11,15,33H2,1-2H3,(H,35,37). The molecule has 2 aromatic carbocycles. The van der Waals surface area contributed by atoms with Crippen LogP contribution < -0.4 is 15.8 Å². The molecule has 4 aromatic rings. The number of aryl methyl sites for hydroxylation is 3. The van der Waals surface area contributed by atoms with Gasteiger partial charge in [-0.2, -0.15) is 13.2 Å². The minimum Gasteiger partial charge on any atom is -0.457 e. The lowest BCUT2D eigenvalue weighted by atomic mass is 9.83. The summed E-state index contributed by atoms with van der Waals surface area (Å²) in [5.41, 5.74) is 9.43. The van der Waals surface area contributed by atoms with E-state index in [1.165, 1.54) is 6.07 Å². The van der Waals surface area contributed by atoms with Gasteiger partial charge in [0.15, 0.2) is 0 Å². The van der Waals surface area contributed by atoms with Gasteiger partial charge in [0.2, 0.25) is 5.91 Å². The van der Waals surface area contributed by atoms with Gasteiger partial charge in [0, 0.05) is 30.4 Å². The number of fused-ring (bicyclic) bond motifs is 1. The van der Waals surface area contributed by atoms with Crippen LogP contribution in [0, 0.1) is 19.8 Å². The molecule has 0 bridgehead atoms. The zero-order chi connectivity index (χ0) is 27.7. The number of hydrogen-bond donors (Lipinski definition) is 2. The maximum absolute atomic E-state index is 13.3. The third-order valence-corrected chi connectivity index (χ3v) is 6.86. The molecule has 1 aliphatic rings. The van der Waals surface area contributed by atoms with Crippen molar-refractivity contribution in [2.45, 2.75) is 45.8 Å². The first-order valence-corrected chi connectivity index (χ1v) is 12.5. The average Bonchev–Trinajstić information content (AvgIpc) is 3.25. The number of alkyl halides is 3. The highest BCUT2D eigenvalue weighted by Crippen LogP contribution is 2.35. The SMILES string of the molecule is Cc1noc(C)c1-c1cc(Oc2ccc3c(c2)CC(C(=O)Nc2cc(CN)cc(C(F)(F)F)c2)CC3)ccn1. The summed E-state index contributed by atoms with van der Waals surface area (Å²) in [5, 5.41) is 6.65. The molecule has 0 aliphatic heterocycles. The molecule has 1 atom stereocenters. The molecule has 10 heteroatoms. The number of amides is 1. The van der Waals surface area contributed by atoms with Crippen LogP contribution in [0.15, 0.2) is 59.3 Å². The Kier molecular flexibility index (Phi) is 7.14. The lowest BCUT2D eigenvalue weighted by Crippen LogP contribution is -2.28. The van der Waals surface area contributed by atoms with E-state index in [-0.39, 0.29) is 18.1 Å². The fourth-order valence-electron chi connectivity index (χ4n) is 4.91. The molecule has 39 heavy (non-hydrogen) atoms. The highest BCUT2D eigenvalue weighted by atomic mass is 19.4. The zero-order valence-electron chi connectivity index (χ0n) is 21.4. The maximum atomic E-state index is 13.3. The number of carbonyl (C=O) groups is 1. The van der Waals surface area contributed by atoms with Gasteiger partial charge in [-0.15, -0.1) is 0 Å². The highest BCUT2D eigenvalue weighted by Gasteiger charge is 2.32. The van der Waals surface area contributed by atoms with Crippen molar-refractivity contribution in [2.75, 3.05) is 5.32 Å². The smallest absolute Gasteiger partial charge is 0.416 e. The Morgan fingerprint density at radius 3 is 2.62 bits per heavy atom. The van der Waals surface area contributed by atoms with Gasteiger partial charge in [-0.1, -0.05) is 11.2 Å². The Hall–Kier alpha value is -4.18. The first-order chi connectivity index (χ1) is 18.6. The molecule has 7 nitrogen and oxygen atoms in total.